The van der Waals surface area contributed by atoms with E-state index in [1.807, 2.05) is 0 Å². The number of halogens is 3. The number of nitrogens with one attached hydrogen (secondary N) is 2. The minimum absolute atomic E-state index is 0.131. The van der Waals surface area contributed by atoms with Gasteiger partial charge in [-0.2, -0.15) is 13.2 Å². The van der Waals surface area contributed by atoms with Crippen molar-refractivity contribution >= 4 is 34.2 Å². The molecular formula is C23H19F3N6O. The second-order valence-electron chi connectivity index (χ2n) is 7.42. The normalized spacial score (nSPS) is 11.5. The van der Waals surface area contributed by atoms with Crippen LogP contribution in [-0.4, -0.2) is 21.3 Å². The average molecular weight is 452 g/mol. The van der Waals surface area contributed by atoms with Gasteiger partial charge < -0.3 is 21.4 Å². The fourth-order valence-corrected chi connectivity index (χ4v) is 3.44. The van der Waals surface area contributed by atoms with Gasteiger partial charge in [-0.25, -0.2) is 4.98 Å². The van der Waals surface area contributed by atoms with E-state index in [4.69, 9.17) is 16.9 Å². The minimum atomic E-state index is -4.44. The summed E-state index contributed by atoms with van der Waals surface area (Å²) < 4.78 is 40.4. The molecule has 4 rings (SSSR count). The molecular weight excluding hydrogens is 433 g/mol. The fourth-order valence-electron chi connectivity index (χ4n) is 3.44. The molecule has 0 aliphatic rings. The number of nitrogen functional groups attached to an aromatic ring is 2. The Morgan fingerprint density at radius 3 is 2.39 bits per heavy atom. The highest BCUT2D eigenvalue weighted by Gasteiger charge is 2.30. The maximum atomic E-state index is 13.1. The molecule has 0 atom stereocenters. The summed E-state index contributed by atoms with van der Waals surface area (Å²) in [6.45, 7) is 0.131. The van der Waals surface area contributed by atoms with Gasteiger partial charge in [0.05, 0.1) is 17.4 Å². The number of benzene rings is 2. The lowest BCUT2D eigenvalue weighted by Crippen LogP contribution is -2.18. The number of fused-ring (bicyclic) bond motifs is 1. The van der Waals surface area contributed by atoms with Gasteiger partial charge >= 0.3 is 6.18 Å². The zero-order chi connectivity index (χ0) is 23.8. The van der Waals surface area contributed by atoms with Crippen molar-refractivity contribution in [3.8, 4) is 0 Å². The molecule has 7 nitrogen and oxygen atoms in total. The fraction of sp³-hybridized carbons (Fsp3) is 0.0870. The zero-order valence-electron chi connectivity index (χ0n) is 17.1. The highest BCUT2D eigenvalue weighted by atomic mass is 19.4. The Labute approximate surface area is 186 Å². The smallest absolute Gasteiger partial charge is 0.384 e. The molecule has 0 radical (unpaired) electrons. The molecule has 2 heterocycles. The standard InChI is InChI=1S/C23H19F3N6O/c24-23(25,26)16-5-1-13(2-6-16)12-32-18-10-15(21(28)29)4-3-14(18)9-19(32)22(33)31-17-7-8-20(27)30-11-17/h1-11H,12H2,(H2,27,30)(H3,28,29)(H,31,33). The van der Waals surface area contributed by atoms with Gasteiger partial charge in [0.15, 0.2) is 0 Å². The minimum Gasteiger partial charge on any atom is -0.384 e. The summed E-state index contributed by atoms with van der Waals surface area (Å²) >= 11 is 0. The molecule has 0 unspecified atom stereocenters. The molecule has 2 aromatic carbocycles. The highest BCUT2D eigenvalue weighted by Crippen LogP contribution is 2.30. The molecule has 1 amide bonds. The molecule has 6 N–H and O–H groups in total. The van der Waals surface area contributed by atoms with Crippen LogP contribution >= 0.6 is 0 Å². The molecule has 0 aliphatic heterocycles. The summed E-state index contributed by atoms with van der Waals surface area (Å²) in [5.41, 5.74) is 12.8. The number of amides is 1. The lowest BCUT2D eigenvalue weighted by Gasteiger charge is -2.13. The van der Waals surface area contributed by atoms with Crippen LogP contribution in [-0.2, 0) is 12.7 Å². The van der Waals surface area contributed by atoms with Crippen LogP contribution in [0.2, 0.25) is 0 Å². The zero-order valence-corrected chi connectivity index (χ0v) is 17.1. The number of alkyl halides is 3. The highest BCUT2D eigenvalue weighted by molar-refractivity contribution is 6.07. The first-order chi connectivity index (χ1) is 15.6. The van der Waals surface area contributed by atoms with Crippen molar-refractivity contribution in [1.29, 1.82) is 5.41 Å². The topological polar surface area (TPSA) is 123 Å². The van der Waals surface area contributed by atoms with Crippen LogP contribution in [0.15, 0.2) is 66.9 Å². The molecule has 0 spiro atoms. The van der Waals surface area contributed by atoms with Gasteiger partial charge in [0.25, 0.3) is 5.91 Å². The Morgan fingerprint density at radius 2 is 1.79 bits per heavy atom. The van der Waals surface area contributed by atoms with Crippen molar-refractivity contribution in [2.45, 2.75) is 12.7 Å². The number of aromatic nitrogens is 2. The first kappa shape index (κ1) is 21.9. The van der Waals surface area contributed by atoms with E-state index in [0.717, 1.165) is 12.1 Å². The lowest BCUT2D eigenvalue weighted by atomic mass is 10.1. The third-order valence-corrected chi connectivity index (χ3v) is 5.11. The first-order valence-corrected chi connectivity index (χ1v) is 9.78. The maximum Gasteiger partial charge on any atom is 0.416 e. The number of hydrogen-bond donors (Lipinski definition) is 4. The van der Waals surface area contributed by atoms with E-state index in [1.165, 1.54) is 18.3 Å². The number of pyridine rings is 1. The van der Waals surface area contributed by atoms with Crippen molar-refractivity contribution in [3.63, 3.8) is 0 Å². The number of anilines is 2. The third-order valence-electron chi connectivity index (χ3n) is 5.11. The van der Waals surface area contributed by atoms with Crippen molar-refractivity contribution < 1.29 is 18.0 Å². The molecule has 0 saturated heterocycles. The molecule has 168 valence electrons. The van der Waals surface area contributed by atoms with Crippen LogP contribution in [0.4, 0.5) is 24.7 Å². The van der Waals surface area contributed by atoms with Crippen LogP contribution in [0.5, 0.6) is 0 Å². The van der Waals surface area contributed by atoms with Gasteiger partial charge in [0.1, 0.15) is 17.3 Å². The van der Waals surface area contributed by atoms with Crippen LogP contribution in [0.3, 0.4) is 0 Å². The van der Waals surface area contributed by atoms with E-state index < -0.39 is 17.6 Å². The monoisotopic (exact) mass is 452 g/mol. The number of nitrogens with two attached hydrogens (primary N) is 2. The predicted molar refractivity (Wildman–Crippen MR) is 120 cm³/mol. The molecule has 10 heteroatoms. The molecule has 0 bridgehead atoms. The van der Waals surface area contributed by atoms with E-state index in [0.29, 0.717) is 33.5 Å². The summed E-state index contributed by atoms with van der Waals surface area (Å²) in [6.07, 6.45) is -3.02. The second-order valence-corrected chi connectivity index (χ2v) is 7.42. The Morgan fingerprint density at radius 1 is 1.06 bits per heavy atom. The van der Waals surface area contributed by atoms with Crippen LogP contribution in [0.1, 0.15) is 27.2 Å². The maximum absolute atomic E-state index is 13.1. The lowest BCUT2D eigenvalue weighted by molar-refractivity contribution is -0.137. The van der Waals surface area contributed by atoms with E-state index in [2.05, 4.69) is 10.3 Å². The molecule has 0 aliphatic carbocycles. The quantitative estimate of drug-likeness (QED) is 0.267. The Bertz CT molecular complexity index is 1340. The van der Waals surface area contributed by atoms with Crippen molar-refractivity contribution in [1.82, 2.24) is 9.55 Å². The summed E-state index contributed by atoms with van der Waals surface area (Å²) in [5.74, 6) is -0.270. The van der Waals surface area contributed by atoms with Gasteiger partial charge in [0.2, 0.25) is 0 Å². The number of hydrogen-bond acceptors (Lipinski definition) is 4. The van der Waals surface area contributed by atoms with Gasteiger partial charge in [-0.1, -0.05) is 24.3 Å². The SMILES string of the molecule is N=C(N)c1ccc2cc(C(=O)Nc3ccc(N)nc3)n(Cc3ccc(C(F)(F)F)cc3)c2c1. The molecule has 4 aromatic rings. The summed E-state index contributed by atoms with van der Waals surface area (Å²) in [4.78, 5) is 17.0. The summed E-state index contributed by atoms with van der Waals surface area (Å²) in [7, 11) is 0. The number of amidine groups is 1. The summed E-state index contributed by atoms with van der Waals surface area (Å²) in [6, 6.07) is 14.6. The average Bonchev–Trinajstić information content (AvgIpc) is 3.13. The first-order valence-electron chi connectivity index (χ1n) is 9.78. The number of carbonyl (C=O) groups is 1. The van der Waals surface area contributed by atoms with E-state index in [-0.39, 0.29) is 18.1 Å². The van der Waals surface area contributed by atoms with Gasteiger partial charge in [-0.3, -0.25) is 10.2 Å². The van der Waals surface area contributed by atoms with Crippen LogP contribution in [0.25, 0.3) is 10.9 Å². The number of rotatable bonds is 5. The van der Waals surface area contributed by atoms with E-state index in [1.54, 1.807) is 41.0 Å². The summed E-state index contributed by atoms with van der Waals surface area (Å²) in [5, 5.41) is 11.2. The molecule has 2 aromatic heterocycles. The van der Waals surface area contributed by atoms with Crippen LogP contribution in [0, 0.1) is 5.41 Å². The number of carbonyl (C=O) groups excluding carboxylic acids is 1. The molecule has 0 saturated carbocycles. The van der Waals surface area contributed by atoms with Gasteiger partial charge in [-0.05, 0) is 42.0 Å². The molecule has 33 heavy (non-hydrogen) atoms. The van der Waals surface area contributed by atoms with Gasteiger partial charge in [-0.15, -0.1) is 0 Å². The largest absolute Gasteiger partial charge is 0.416 e. The predicted octanol–water partition coefficient (Wildman–Crippen LogP) is 4.22. The van der Waals surface area contributed by atoms with E-state index >= 15 is 0 Å². The van der Waals surface area contributed by atoms with Gasteiger partial charge in [0, 0.05) is 23.0 Å². The second kappa shape index (κ2) is 8.30. The van der Waals surface area contributed by atoms with E-state index in [9.17, 15) is 18.0 Å². The third kappa shape index (κ3) is 4.64. The van der Waals surface area contributed by atoms with Crippen molar-refractivity contribution in [2.75, 3.05) is 11.1 Å². The Balaban J connectivity index is 1.75. The van der Waals surface area contributed by atoms with Crippen molar-refractivity contribution in [2.24, 2.45) is 5.73 Å². The Kier molecular flexibility index (Phi) is 5.50. The van der Waals surface area contributed by atoms with Crippen molar-refractivity contribution in [3.05, 3.63) is 89.2 Å². The molecule has 0 fully saturated rings. The number of nitrogens with zero attached hydrogens (tertiary/aromatic N) is 2. The Hall–Kier alpha value is -4.34. The van der Waals surface area contributed by atoms with Crippen LogP contribution < -0.4 is 16.8 Å².